The van der Waals surface area contributed by atoms with Gasteiger partial charge in [-0.05, 0) is 12.8 Å². The van der Waals surface area contributed by atoms with Crippen molar-refractivity contribution in [3.63, 3.8) is 0 Å². The molecule has 0 aliphatic rings. The molecule has 1 aromatic heterocycles. The maximum Gasteiger partial charge on any atom is 0.0727 e. The lowest BCUT2D eigenvalue weighted by molar-refractivity contribution is 0.472. The van der Waals surface area contributed by atoms with Crippen LogP contribution in [0.2, 0.25) is 0 Å². The third kappa shape index (κ3) is 6.22. The lowest BCUT2D eigenvalue weighted by atomic mass is 9.92. The fraction of sp³-hybridized carbons (Fsp3) is 0.875. The molecule has 0 aliphatic carbocycles. The Kier molecular flexibility index (Phi) is 8.52. The van der Waals surface area contributed by atoms with Crippen molar-refractivity contribution in [1.82, 2.24) is 15.0 Å². The molecule has 0 unspecified atom stereocenters. The number of unbranched alkanes of at least 4 members (excludes halogenated alkanes) is 6. The summed E-state index contributed by atoms with van der Waals surface area (Å²) in [6, 6.07) is 0. The second-order valence-corrected chi connectivity index (χ2v) is 5.68. The van der Waals surface area contributed by atoms with E-state index in [1.54, 1.807) is 0 Å². The Bertz CT molecular complexity index is 308. The van der Waals surface area contributed by atoms with E-state index in [2.05, 4.69) is 24.2 Å². The second-order valence-electron chi connectivity index (χ2n) is 5.68. The van der Waals surface area contributed by atoms with Crippen molar-refractivity contribution >= 4 is 0 Å². The molecule has 0 N–H and O–H groups in total. The first-order valence-corrected chi connectivity index (χ1v) is 8.14. The number of aromatic nitrogens is 3. The van der Waals surface area contributed by atoms with Gasteiger partial charge in [0.2, 0.25) is 0 Å². The minimum absolute atomic E-state index is 0.661. The van der Waals surface area contributed by atoms with Crippen LogP contribution in [0, 0.1) is 0 Å². The van der Waals surface area contributed by atoms with Gasteiger partial charge in [0.15, 0.2) is 0 Å². The molecule has 0 atom stereocenters. The van der Waals surface area contributed by atoms with Crippen molar-refractivity contribution in [3.05, 3.63) is 11.9 Å². The van der Waals surface area contributed by atoms with Crippen LogP contribution in [0.1, 0.15) is 89.7 Å². The summed E-state index contributed by atoms with van der Waals surface area (Å²) >= 11 is 0. The SMILES string of the molecule is CCCCCCC(CCCCCC)c1cnnn1C. The molecule has 0 fully saturated rings. The first-order valence-electron chi connectivity index (χ1n) is 8.14. The lowest BCUT2D eigenvalue weighted by Crippen LogP contribution is -2.06. The monoisotopic (exact) mass is 265 g/mol. The highest BCUT2D eigenvalue weighted by Crippen LogP contribution is 2.27. The van der Waals surface area contributed by atoms with Gasteiger partial charge in [-0.1, -0.05) is 70.4 Å². The van der Waals surface area contributed by atoms with Crippen LogP contribution in [-0.4, -0.2) is 15.0 Å². The van der Waals surface area contributed by atoms with Crippen molar-refractivity contribution in [2.24, 2.45) is 7.05 Å². The van der Waals surface area contributed by atoms with Gasteiger partial charge in [0.05, 0.1) is 11.9 Å². The van der Waals surface area contributed by atoms with E-state index in [0.29, 0.717) is 5.92 Å². The zero-order chi connectivity index (χ0) is 13.9. The third-order valence-electron chi connectivity index (χ3n) is 3.98. The molecule has 0 amide bonds. The van der Waals surface area contributed by atoms with E-state index in [1.165, 1.54) is 69.9 Å². The van der Waals surface area contributed by atoms with Gasteiger partial charge in [0.25, 0.3) is 0 Å². The van der Waals surface area contributed by atoms with E-state index in [9.17, 15) is 0 Å². The standard InChI is InChI=1S/C16H31N3/c1-4-6-8-10-12-15(13-11-9-7-5-2)16-14-17-18-19(16)3/h14-15H,4-13H2,1-3H3. The smallest absolute Gasteiger partial charge is 0.0727 e. The fourth-order valence-corrected chi connectivity index (χ4v) is 2.74. The first-order chi connectivity index (χ1) is 9.29. The van der Waals surface area contributed by atoms with Crippen LogP contribution in [0.25, 0.3) is 0 Å². The average Bonchev–Trinajstić information content (AvgIpc) is 2.83. The van der Waals surface area contributed by atoms with E-state index in [0.717, 1.165) is 0 Å². The summed E-state index contributed by atoms with van der Waals surface area (Å²) in [4.78, 5) is 0. The Morgan fingerprint density at radius 3 is 1.95 bits per heavy atom. The lowest BCUT2D eigenvalue weighted by Gasteiger charge is -2.16. The summed E-state index contributed by atoms with van der Waals surface area (Å²) in [7, 11) is 2.02. The van der Waals surface area contributed by atoms with Crippen molar-refractivity contribution in [3.8, 4) is 0 Å². The summed E-state index contributed by atoms with van der Waals surface area (Å²) in [6.07, 6.45) is 15.3. The second kappa shape index (κ2) is 9.99. The van der Waals surface area contributed by atoms with Crippen molar-refractivity contribution in [1.29, 1.82) is 0 Å². The maximum absolute atomic E-state index is 4.09. The third-order valence-corrected chi connectivity index (χ3v) is 3.98. The van der Waals surface area contributed by atoms with Gasteiger partial charge in [-0.25, -0.2) is 0 Å². The first kappa shape index (κ1) is 16.2. The van der Waals surface area contributed by atoms with Crippen LogP contribution in [0.15, 0.2) is 6.20 Å². The molecule has 1 rings (SSSR count). The van der Waals surface area contributed by atoms with Gasteiger partial charge in [-0.3, -0.25) is 4.68 Å². The molecule has 3 nitrogen and oxygen atoms in total. The maximum atomic E-state index is 4.09. The Morgan fingerprint density at radius 1 is 0.947 bits per heavy atom. The molecular formula is C16H31N3. The van der Waals surface area contributed by atoms with E-state index >= 15 is 0 Å². The highest BCUT2D eigenvalue weighted by atomic mass is 15.4. The minimum atomic E-state index is 0.661. The molecule has 110 valence electrons. The van der Waals surface area contributed by atoms with E-state index in [4.69, 9.17) is 0 Å². The number of hydrogen-bond donors (Lipinski definition) is 0. The summed E-state index contributed by atoms with van der Waals surface area (Å²) in [5.41, 5.74) is 1.33. The summed E-state index contributed by atoms with van der Waals surface area (Å²) < 4.78 is 1.96. The van der Waals surface area contributed by atoms with Crippen molar-refractivity contribution in [2.75, 3.05) is 0 Å². The predicted molar refractivity (Wildman–Crippen MR) is 81.3 cm³/mol. The van der Waals surface area contributed by atoms with Gasteiger partial charge in [0, 0.05) is 13.0 Å². The molecule has 0 saturated carbocycles. The minimum Gasteiger partial charge on any atom is -0.252 e. The van der Waals surface area contributed by atoms with Gasteiger partial charge >= 0.3 is 0 Å². The Balaban J connectivity index is 2.41. The summed E-state index contributed by atoms with van der Waals surface area (Å²) in [5.74, 6) is 0.661. The number of rotatable bonds is 11. The average molecular weight is 265 g/mol. The van der Waals surface area contributed by atoms with Crippen molar-refractivity contribution < 1.29 is 0 Å². The van der Waals surface area contributed by atoms with Gasteiger partial charge in [0.1, 0.15) is 0 Å². The van der Waals surface area contributed by atoms with Crippen molar-refractivity contribution in [2.45, 2.75) is 84.0 Å². The summed E-state index contributed by atoms with van der Waals surface area (Å²) in [6.45, 7) is 4.54. The molecule has 1 heterocycles. The zero-order valence-corrected chi connectivity index (χ0v) is 13.1. The fourth-order valence-electron chi connectivity index (χ4n) is 2.74. The molecule has 19 heavy (non-hydrogen) atoms. The quantitative estimate of drug-likeness (QED) is 0.536. The molecule has 0 aliphatic heterocycles. The molecule has 1 aromatic rings. The summed E-state index contributed by atoms with van der Waals surface area (Å²) in [5, 5.41) is 8.14. The molecule has 0 spiro atoms. The zero-order valence-electron chi connectivity index (χ0n) is 13.1. The highest BCUT2D eigenvalue weighted by Gasteiger charge is 2.15. The van der Waals surface area contributed by atoms with Crippen LogP contribution in [0.3, 0.4) is 0 Å². The van der Waals surface area contributed by atoms with Crippen LogP contribution in [0.4, 0.5) is 0 Å². The molecule has 0 radical (unpaired) electrons. The topological polar surface area (TPSA) is 30.7 Å². The number of aryl methyl sites for hydroxylation is 1. The van der Waals surface area contributed by atoms with Crippen LogP contribution < -0.4 is 0 Å². The normalized spacial score (nSPS) is 11.4. The van der Waals surface area contributed by atoms with Crippen LogP contribution in [-0.2, 0) is 7.05 Å². The van der Waals surface area contributed by atoms with E-state index < -0.39 is 0 Å². The molecule has 0 bridgehead atoms. The number of hydrogen-bond acceptors (Lipinski definition) is 2. The molecule has 0 saturated heterocycles. The molecular weight excluding hydrogens is 234 g/mol. The Hall–Kier alpha value is -0.860. The Labute approximate surface area is 118 Å². The van der Waals surface area contributed by atoms with Gasteiger partial charge in [-0.15, -0.1) is 5.10 Å². The highest BCUT2D eigenvalue weighted by molar-refractivity contribution is 5.02. The van der Waals surface area contributed by atoms with Crippen LogP contribution in [0.5, 0.6) is 0 Å². The number of nitrogens with zero attached hydrogens (tertiary/aromatic N) is 3. The predicted octanol–water partition coefficient (Wildman–Crippen LogP) is 4.84. The van der Waals surface area contributed by atoms with E-state index in [1.807, 2.05) is 17.9 Å². The largest absolute Gasteiger partial charge is 0.252 e. The van der Waals surface area contributed by atoms with Crippen LogP contribution >= 0.6 is 0 Å². The van der Waals surface area contributed by atoms with Gasteiger partial charge < -0.3 is 0 Å². The van der Waals surface area contributed by atoms with E-state index in [-0.39, 0.29) is 0 Å². The van der Waals surface area contributed by atoms with Gasteiger partial charge in [-0.2, -0.15) is 0 Å². The Morgan fingerprint density at radius 2 is 1.53 bits per heavy atom. The molecule has 3 heteroatoms. The molecule has 0 aromatic carbocycles.